The van der Waals surface area contributed by atoms with E-state index in [1.807, 2.05) is 6.92 Å². The van der Waals surface area contributed by atoms with E-state index in [9.17, 15) is 8.42 Å². The molecule has 0 fully saturated rings. The average Bonchev–Trinajstić information content (AvgIpc) is 2.10. The van der Waals surface area contributed by atoms with E-state index in [0.29, 0.717) is 13.2 Å². The van der Waals surface area contributed by atoms with Crippen molar-refractivity contribution in [3.8, 4) is 0 Å². The van der Waals surface area contributed by atoms with Gasteiger partial charge in [-0.1, -0.05) is 6.92 Å². The second kappa shape index (κ2) is 7.20. The van der Waals surface area contributed by atoms with E-state index in [1.165, 1.54) is 0 Å². The number of hydrogen-bond donors (Lipinski definition) is 1. The van der Waals surface area contributed by atoms with Crippen molar-refractivity contribution in [2.75, 3.05) is 19.8 Å². The Labute approximate surface area is 87.1 Å². The normalized spacial score (nSPS) is 12.3. The van der Waals surface area contributed by atoms with Crippen LogP contribution < -0.4 is 4.72 Å². The molecule has 0 aliphatic rings. The molecule has 0 heterocycles. The second-order valence-electron chi connectivity index (χ2n) is 3.45. The summed E-state index contributed by atoms with van der Waals surface area (Å²) in [6.07, 6.45) is 1.73. The molecule has 0 aliphatic heterocycles. The van der Waals surface area contributed by atoms with Gasteiger partial charge in [-0.2, -0.15) is 0 Å². The lowest BCUT2D eigenvalue weighted by molar-refractivity contribution is 0.133. The highest BCUT2D eigenvalue weighted by molar-refractivity contribution is 7.90. The summed E-state index contributed by atoms with van der Waals surface area (Å²) in [7, 11) is -3.10. The van der Waals surface area contributed by atoms with E-state index in [0.717, 1.165) is 19.4 Å². The van der Waals surface area contributed by atoms with Crippen LogP contribution in [-0.4, -0.2) is 33.4 Å². The van der Waals surface area contributed by atoms with Crippen molar-refractivity contribution in [1.29, 1.82) is 0 Å². The molecule has 0 unspecified atom stereocenters. The molecule has 0 aromatic rings. The van der Waals surface area contributed by atoms with Crippen LogP contribution in [0.5, 0.6) is 0 Å². The summed E-state index contributed by atoms with van der Waals surface area (Å²) in [5, 5.41) is -0.362. The third kappa shape index (κ3) is 6.34. The largest absolute Gasteiger partial charge is 0.381 e. The Balaban J connectivity index is 3.46. The fraction of sp³-hybridized carbons (Fsp3) is 1.00. The number of sulfonamides is 1. The summed E-state index contributed by atoms with van der Waals surface area (Å²) in [6, 6.07) is 0. The van der Waals surface area contributed by atoms with Gasteiger partial charge in [0.25, 0.3) is 0 Å². The van der Waals surface area contributed by atoms with Gasteiger partial charge in [0.2, 0.25) is 10.0 Å². The Morgan fingerprint density at radius 2 is 1.93 bits per heavy atom. The van der Waals surface area contributed by atoms with Gasteiger partial charge in [0.1, 0.15) is 0 Å². The van der Waals surface area contributed by atoms with E-state index in [2.05, 4.69) is 4.72 Å². The second-order valence-corrected chi connectivity index (χ2v) is 5.78. The quantitative estimate of drug-likeness (QED) is 0.628. The zero-order chi connectivity index (χ0) is 11.0. The fourth-order valence-corrected chi connectivity index (χ4v) is 1.56. The zero-order valence-electron chi connectivity index (χ0n) is 9.25. The first kappa shape index (κ1) is 13.9. The molecule has 0 atom stereocenters. The Morgan fingerprint density at radius 1 is 1.29 bits per heavy atom. The molecule has 0 saturated carbocycles. The minimum atomic E-state index is -3.10. The molecule has 5 heteroatoms. The van der Waals surface area contributed by atoms with Gasteiger partial charge in [-0.05, 0) is 26.7 Å². The summed E-state index contributed by atoms with van der Waals surface area (Å²) in [4.78, 5) is 0. The maximum atomic E-state index is 11.3. The summed E-state index contributed by atoms with van der Waals surface area (Å²) < 4.78 is 30.3. The van der Waals surface area contributed by atoms with Gasteiger partial charge < -0.3 is 4.74 Å². The third-order valence-corrected chi connectivity index (χ3v) is 3.59. The molecule has 86 valence electrons. The highest BCUT2D eigenvalue weighted by Crippen LogP contribution is 1.95. The van der Waals surface area contributed by atoms with Crippen LogP contribution in [0, 0.1) is 0 Å². The van der Waals surface area contributed by atoms with Gasteiger partial charge in [0, 0.05) is 19.8 Å². The summed E-state index contributed by atoms with van der Waals surface area (Å²) >= 11 is 0. The Morgan fingerprint density at radius 3 is 2.43 bits per heavy atom. The standard InChI is InChI=1S/C9H21NO3S/c1-4-7-13-8-5-6-10-14(11,12)9(2)3/h9-10H,4-8H2,1-3H3. The zero-order valence-corrected chi connectivity index (χ0v) is 10.1. The van der Waals surface area contributed by atoms with Gasteiger partial charge >= 0.3 is 0 Å². The fourth-order valence-electron chi connectivity index (χ4n) is 0.802. The maximum absolute atomic E-state index is 11.3. The van der Waals surface area contributed by atoms with Crippen molar-refractivity contribution < 1.29 is 13.2 Å². The van der Waals surface area contributed by atoms with Crippen LogP contribution in [0.4, 0.5) is 0 Å². The van der Waals surface area contributed by atoms with Crippen molar-refractivity contribution in [2.45, 2.75) is 38.9 Å². The minimum absolute atomic E-state index is 0.362. The molecule has 0 aliphatic carbocycles. The Hall–Kier alpha value is -0.130. The first-order valence-electron chi connectivity index (χ1n) is 5.07. The summed E-state index contributed by atoms with van der Waals surface area (Å²) in [5.41, 5.74) is 0. The van der Waals surface area contributed by atoms with Crippen LogP contribution in [0.25, 0.3) is 0 Å². The van der Waals surface area contributed by atoms with Gasteiger partial charge in [0.05, 0.1) is 5.25 Å². The molecule has 0 radical (unpaired) electrons. The molecule has 0 saturated heterocycles. The van der Waals surface area contributed by atoms with Gasteiger partial charge in [-0.25, -0.2) is 13.1 Å². The lowest BCUT2D eigenvalue weighted by Gasteiger charge is -2.09. The highest BCUT2D eigenvalue weighted by atomic mass is 32.2. The summed E-state index contributed by atoms with van der Waals surface area (Å²) in [5.74, 6) is 0. The first-order chi connectivity index (χ1) is 6.50. The molecule has 0 rings (SSSR count). The van der Waals surface area contributed by atoms with Gasteiger partial charge in [-0.15, -0.1) is 0 Å². The number of nitrogens with one attached hydrogen (secondary N) is 1. The molecule has 0 spiro atoms. The van der Waals surface area contributed by atoms with Crippen molar-refractivity contribution in [3.63, 3.8) is 0 Å². The highest BCUT2D eigenvalue weighted by Gasteiger charge is 2.13. The van der Waals surface area contributed by atoms with Crippen LogP contribution in [0.2, 0.25) is 0 Å². The van der Waals surface area contributed by atoms with Gasteiger partial charge in [-0.3, -0.25) is 0 Å². The van der Waals surface area contributed by atoms with Crippen LogP contribution in [0.3, 0.4) is 0 Å². The molecule has 0 aromatic heterocycles. The van der Waals surface area contributed by atoms with E-state index < -0.39 is 10.0 Å². The van der Waals surface area contributed by atoms with Crippen molar-refractivity contribution in [1.82, 2.24) is 4.72 Å². The van der Waals surface area contributed by atoms with Crippen molar-refractivity contribution in [3.05, 3.63) is 0 Å². The predicted molar refractivity (Wildman–Crippen MR) is 57.8 cm³/mol. The molecule has 0 amide bonds. The predicted octanol–water partition coefficient (Wildman–Crippen LogP) is 1.13. The van der Waals surface area contributed by atoms with Crippen LogP contribution in [0.1, 0.15) is 33.6 Å². The number of hydrogen-bond acceptors (Lipinski definition) is 3. The van der Waals surface area contributed by atoms with E-state index in [-0.39, 0.29) is 5.25 Å². The topological polar surface area (TPSA) is 55.4 Å². The molecule has 0 aromatic carbocycles. The molecular weight excluding hydrogens is 202 g/mol. The lowest BCUT2D eigenvalue weighted by atomic mass is 10.4. The van der Waals surface area contributed by atoms with Crippen LogP contribution >= 0.6 is 0 Å². The van der Waals surface area contributed by atoms with E-state index >= 15 is 0 Å². The third-order valence-electron chi connectivity index (χ3n) is 1.74. The maximum Gasteiger partial charge on any atom is 0.213 e. The lowest BCUT2D eigenvalue weighted by Crippen LogP contribution is -2.31. The van der Waals surface area contributed by atoms with E-state index in [4.69, 9.17) is 4.74 Å². The SMILES string of the molecule is CCCOCCCNS(=O)(=O)C(C)C. The number of rotatable bonds is 8. The molecular formula is C9H21NO3S. The average molecular weight is 223 g/mol. The first-order valence-corrected chi connectivity index (χ1v) is 6.61. The van der Waals surface area contributed by atoms with Crippen LogP contribution in [0.15, 0.2) is 0 Å². The summed E-state index contributed by atoms with van der Waals surface area (Å²) in [6.45, 7) is 7.20. The minimum Gasteiger partial charge on any atom is -0.381 e. The van der Waals surface area contributed by atoms with Crippen LogP contribution in [-0.2, 0) is 14.8 Å². The molecule has 0 bridgehead atoms. The Kier molecular flexibility index (Phi) is 7.13. The molecule has 4 nitrogen and oxygen atoms in total. The number of ether oxygens (including phenoxy) is 1. The smallest absolute Gasteiger partial charge is 0.213 e. The van der Waals surface area contributed by atoms with Crippen molar-refractivity contribution >= 4 is 10.0 Å². The van der Waals surface area contributed by atoms with E-state index in [1.54, 1.807) is 13.8 Å². The van der Waals surface area contributed by atoms with Gasteiger partial charge in [0.15, 0.2) is 0 Å². The molecule has 14 heavy (non-hydrogen) atoms. The molecule has 1 N–H and O–H groups in total. The Bertz CT molecular complexity index is 224. The van der Waals surface area contributed by atoms with Crippen molar-refractivity contribution in [2.24, 2.45) is 0 Å². The monoisotopic (exact) mass is 223 g/mol.